The van der Waals surface area contributed by atoms with E-state index in [4.69, 9.17) is 20.1 Å². The summed E-state index contributed by atoms with van der Waals surface area (Å²) >= 11 is 1.17. The van der Waals surface area contributed by atoms with Gasteiger partial charge in [-0.3, -0.25) is 4.79 Å². The summed E-state index contributed by atoms with van der Waals surface area (Å²) in [5.74, 6) is 0.545. The van der Waals surface area contributed by atoms with Crippen molar-refractivity contribution in [1.82, 2.24) is 9.55 Å². The first-order valence-corrected chi connectivity index (χ1v) is 17.7. The Bertz CT molecular complexity index is 1750. The van der Waals surface area contributed by atoms with Gasteiger partial charge in [0.1, 0.15) is 35.5 Å². The molecule has 260 valence electrons. The number of carbonyl (C=O) groups excluding carboxylic acids is 1. The van der Waals surface area contributed by atoms with E-state index < -0.39 is 21.5 Å². The number of quaternary nitrogens is 1. The Morgan fingerprint density at radius 1 is 1.08 bits per heavy atom. The molecule has 2 aromatic carbocycles. The third kappa shape index (κ3) is 9.81. The van der Waals surface area contributed by atoms with Crippen molar-refractivity contribution < 1.29 is 44.1 Å². The summed E-state index contributed by atoms with van der Waals surface area (Å²) in [6.07, 6.45) is 2.05. The molecule has 0 saturated carbocycles. The third-order valence-corrected chi connectivity index (χ3v) is 10.2. The molecular weight excluding hydrogens is 657 g/mol. The van der Waals surface area contributed by atoms with Crippen LogP contribution in [-0.2, 0) is 23.0 Å². The highest BCUT2D eigenvalue weighted by Gasteiger charge is 2.26. The molecular formula is C34H44N4O8S2. The molecule has 0 aliphatic rings. The molecule has 0 amide bonds. The van der Waals surface area contributed by atoms with Gasteiger partial charge in [-0.2, -0.15) is 17.8 Å². The number of hydrogen-bond donors (Lipinski definition) is 4. The van der Waals surface area contributed by atoms with E-state index >= 15 is 0 Å². The molecule has 0 fully saturated rings. The van der Waals surface area contributed by atoms with Gasteiger partial charge in [-0.15, -0.1) is 11.3 Å². The van der Waals surface area contributed by atoms with Crippen LogP contribution in [0.4, 0.5) is 0 Å². The standard InChI is InChI=1S/C30H33N3O5S2.C4H11NO3/c1-5-9-27(35)32-40(36,37)30-25(17-24(39-30)16-20(2)3)22-14-12-21(13-15-22)18-33-26(19-34)29(38-4)31-28(33)23-10-7-6-8-11-23;5-4(1-6,2-7)3-8/h6-8,10-15,17,19-20H,5,9,16,18H2,1-4H3,(H,32,35);6-8H,1-3,5H2. The van der Waals surface area contributed by atoms with E-state index in [0.717, 1.165) is 22.3 Å². The smallest absolute Gasteiger partial charge is 0.291 e. The molecule has 0 saturated heterocycles. The minimum absolute atomic E-state index is 0.0781. The number of thiophene rings is 1. The number of nitrogens with zero attached hydrogens (tertiary/aromatic N) is 3. The van der Waals surface area contributed by atoms with Crippen LogP contribution in [-0.4, -0.2) is 77.9 Å². The van der Waals surface area contributed by atoms with Gasteiger partial charge >= 0.3 is 0 Å². The van der Waals surface area contributed by atoms with E-state index in [1.807, 2.05) is 60.7 Å². The maximum Gasteiger partial charge on any atom is 0.291 e. The Morgan fingerprint density at radius 2 is 1.71 bits per heavy atom. The van der Waals surface area contributed by atoms with E-state index in [0.29, 0.717) is 47.9 Å². The molecule has 6 N–H and O–H groups in total. The van der Waals surface area contributed by atoms with Gasteiger partial charge < -0.3 is 35.5 Å². The van der Waals surface area contributed by atoms with E-state index in [1.54, 1.807) is 11.5 Å². The lowest BCUT2D eigenvalue weighted by atomic mass is 10.0. The summed E-state index contributed by atoms with van der Waals surface area (Å²) in [7, 11) is -2.67. The van der Waals surface area contributed by atoms with Gasteiger partial charge in [0, 0.05) is 22.5 Å². The van der Waals surface area contributed by atoms with Crippen molar-refractivity contribution in [2.75, 3.05) is 26.9 Å². The first-order valence-electron chi connectivity index (χ1n) is 15.4. The Labute approximate surface area is 285 Å². The van der Waals surface area contributed by atoms with Crippen molar-refractivity contribution in [2.45, 2.75) is 56.3 Å². The number of benzene rings is 2. The normalized spacial score (nSPS) is 12.1. The van der Waals surface area contributed by atoms with Crippen molar-refractivity contribution in [3.63, 3.8) is 0 Å². The molecule has 2 heterocycles. The number of ether oxygens (including phenoxy) is 1. The van der Waals surface area contributed by atoms with Crippen LogP contribution >= 0.6 is 11.3 Å². The van der Waals surface area contributed by atoms with Crippen LogP contribution in [0.3, 0.4) is 0 Å². The van der Waals surface area contributed by atoms with E-state index in [1.165, 1.54) is 18.4 Å². The average Bonchev–Trinajstić information content (AvgIpc) is 3.66. The second kappa shape index (κ2) is 17.5. The van der Waals surface area contributed by atoms with E-state index in [9.17, 15) is 18.3 Å². The molecule has 48 heavy (non-hydrogen) atoms. The number of rotatable bonds is 15. The fourth-order valence-electron chi connectivity index (χ4n) is 4.55. The number of imidazole rings is 1. The monoisotopic (exact) mass is 700 g/mol. The topological polar surface area (TPSA) is 202 Å². The summed E-state index contributed by atoms with van der Waals surface area (Å²) in [6, 6.07) is 18.9. The van der Waals surface area contributed by atoms with Gasteiger partial charge in [-0.25, -0.2) is 0 Å². The lowest BCUT2D eigenvalue weighted by Crippen LogP contribution is -2.78. The van der Waals surface area contributed by atoms with E-state index in [-0.39, 0.29) is 36.3 Å². The summed E-state index contributed by atoms with van der Waals surface area (Å²) in [5, 5.41) is 37.3. The van der Waals surface area contributed by atoms with Crippen LogP contribution in [0.2, 0.25) is 0 Å². The molecule has 0 aliphatic carbocycles. The molecule has 2 aromatic heterocycles. The Hall–Kier alpha value is -3.92. The largest absolute Gasteiger partial charge is 0.861 e. The van der Waals surface area contributed by atoms with Gasteiger partial charge in [0.25, 0.3) is 10.0 Å². The maximum absolute atomic E-state index is 13.2. The number of aliphatic hydroxyl groups is 3. The summed E-state index contributed by atoms with van der Waals surface area (Å²) in [4.78, 5) is 17.4. The number of carbonyl (C=O) groups is 1. The number of aldehydes is 1. The molecule has 0 atom stereocenters. The summed E-state index contributed by atoms with van der Waals surface area (Å²) < 4.78 is 37.1. The maximum atomic E-state index is 13.2. The van der Waals surface area contributed by atoms with Crippen LogP contribution in [0.25, 0.3) is 22.5 Å². The summed E-state index contributed by atoms with van der Waals surface area (Å²) in [6.45, 7) is 5.42. The summed E-state index contributed by atoms with van der Waals surface area (Å²) in [5.41, 5.74) is 5.71. The zero-order valence-electron chi connectivity index (χ0n) is 27.6. The van der Waals surface area contributed by atoms with Crippen molar-refractivity contribution in [3.05, 3.63) is 76.8 Å². The molecule has 0 spiro atoms. The van der Waals surface area contributed by atoms with Crippen molar-refractivity contribution in [2.24, 2.45) is 10.3 Å². The fourth-order valence-corrected chi connectivity index (χ4v) is 7.42. The fraction of sp³-hybridized carbons (Fsp3) is 0.382. The van der Waals surface area contributed by atoms with Crippen LogP contribution in [0.5, 0.6) is 5.88 Å². The average molecular weight is 701 g/mol. The number of sulfonamides is 1. The molecule has 4 rings (SSSR count). The second-order valence-electron chi connectivity index (χ2n) is 11.8. The van der Waals surface area contributed by atoms with Crippen LogP contribution in [0.15, 0.2) is 69.3 Å². The van der Waals surface area contributed by atoms with Crippen molar-refractivity contribution in [3.8, 4) is 28.4 Å². The lowest BCUT2D eigenvalue weighted by molar-refractivity contribution is -0.494. The molecule has 0 radical (unpaired) electrons. The molecule has 4 aromatic rings. The Morgan fingerprint density at radius 3 is 2.21 bits per heavy atom. The SMILES string of the molecule is CCCC([O-])=NS(=O)(=O)c1sc(CC(C)C)cc1-c1ccc(Cn2c(-c3ccccc3)nc(OC)c2C=O)cc1.[NH3+]C(CO)(CO)CO. The zero-order chi connectivity index (χ0) is 35.5. The quantitative estimate of drug-likeness (QED) is 0.0817. The van der Waals surface area contributed by atoms with Crippen LogP contribution in [0.1, 0.15) is 54.5 Å². The van der Waals surface area contributed by atoms with Crippen molar-refractivity contribution >= 4 is 33.5 Å². The predicted octanol–water partition coefficient (Wildman–Crippen LogP) is 2.54. The first-order chi connectivity index (χ1) is 22.8. The highest BCUT2D eigenvalue weighted by atomic mass is 32.2. The van der Waals surface area contributed by atoms with E-state index in [2.05, 4.69) is 29.0 Å². The highest BCUT2D eigenvalue weighted by molar-refractivity contribution is 7.92. The van der Waals surface area contributed by atoms with Gasteiger partial charge in [0.2, 0.25) is 5.88 Å². The molecule has 12 nitrogen and oxygen atoms in total. The number of methoxy groups -OCH3 is 1. The second-order valence-corrected chi connectivity index (χ2v) is 14.7. The Kier molecular flexibility index (Phi) is 14.0. The first kappa shape index (κ1) is 38.5. The lowest BCUT2D eigenvalue weighted by Gasteiger charge is -2.16. The number of hydrogen-bond acceptors (Lipinski definition) is 10. The minimum atomic E-state index is -4.15. The molecule has 0 aliphatic heterocycles. The zero-order valence-corrected chi connectivity index (χ0v) is 29.3. The van der Waals surface area contributed by atoms with Gasteiger partial charge in [-0.05, 0) is 41.9 Å². The van der Waals surface area contributed by atoms with Gasteiger partial charge in [0.15, 0.2) is 11.8 Å². The van der Waals surface area contributed by atoms with Crippen LogP contribution < -0.4 is 15.6 Å². The van der Waals surface area contributed by atoms with Crippen molar-refractivity contribution in [1.29, 1.82) is 0 Å². The molecule has 14 heteroatoms. The molecule has 0 unspecified atom stereocenters. The minimum Gasteiger partial charge on any atom is -0.861 e. The number of aliphatic hydroxyl groups excluding tert-OH is 3. The number of aromatic nitrogens is 2. The predicted molar refractivity (Wildman–Crippen MR) is 183 cm³/mol. The van der Waals surface area contributed by atoms with Crippen LogP contribution in [0, 0.1) is 5.92 Å². The molecule has 0 bridgehead atoms. The Balaban J connectivity index is 0.000000694. The van der Waals surface area contributed by atoms with Gasteiger partial charge in [0.05, 0.1) is 7.11 Å². The highest BCUT2D eigenvalue weighted by Crippen LogP contribution is 2.38. The third-order valence-electron chi connectivity index (χ3n) is 7.20. The van der Waals surface area contributed by atoms with Gasteiger partial charge in [-0.1, -0.05) is 81.8 Å².